The average Bonchev–Trinajstić information content (AvgIpc) is 2.71. The van der Waals surface area contributed by atoms with Crippen molar-refractivity contribution in [2.75, 3.05) is 5.73 Å². The van der Waals surface area contributed by atoms with Gasteiger partial charge in [-0.25, -0.2) is 9.37 Å². The van der Waals surface area contributed by atoms with E-state index in [0.29, 0.717) is 11.5 Å². The van der Waals surface area contributed by atoms with Gasteiger partial charge in [-0.05, 0) is 46.3 Å². The van der Waals surface area contributed by atoms with Gasteiger partial charge in [-0.2, -0.15) is 0 Å². The van der Waals surface area contributed by atoms with Gasteiger partial charge >= 0.3 is 0 Å². The summed E-state index contributed by atoms with van der Waals surface area (Å²) in [6.07, 6.45) is 0. The summed E-state index contributed by atoms with van der Waals surface area (Å²) in [5, 5.41) is 0. The second kappa shape index (κ2) is 4.86. The van der Waals surface area contributed by atoms with Gasteiger partial charge in [-0.3, -0.25) is 0 Å². The van der Waals surface area contributed by atoms with Crippen molar-refractivity contribution in [1.29, 1.82) is 0 Å². The number of imidazole rings is 1. The lowest BCUT2D eigenvalue weighted by atomic mass is 10.1. The summed E-state index contributed by atoms with van der Waals surface area (Å²) in [4.78, 5) is 4.54. The van der Waals surface area contributed by atoms with Crippen LogP contribution in [0.15, 0.2) is 39.3 Å². The van der Waals surface area contributed by atoms with Gasteiger partial charge in [0.05, 0.1) is 16.7 Å². The summed E-state index contributed by atoms with van der Waals surface area (Å²) in [7, 11) is 1.85. The molecule has 20 heavy (non-hydrogen) atoms. The molecule has 0 fully saturated rings. The van der Waals surface area contributed by atoms with Crippen molar-refractivity contribution in [2.24, 2.45) is 7.05 Å². The Bertz CT molecular complexity index is 827. The van der Waals surface area contributed by atoms with E-state index in [9.17, 15) is 4.39 Å². The molecule has 3 nitrogen and oxygen atoms in total. The van der Waals surface area contributed by atoms with Gasteiger partial charge in [0.15, 0.2) is 0 Å². The predicted octanol–water partition coefficient (Wildman–Crippen LogP) is 4.49. The largest absolute Gasteiger partial charge is 0.397 e. The lowest BCUT2D eigenvalue weighted by Crippen LogP contribution is -1.98. The molecule has 3 aromatic rings. The van der Waals surface area contributed by atoms with Gasteiger partial charge in [0.25, 0.3) is 0 Å². The monoisotopic (exact) mass is 397 g/mol. The molecular weight excluding hydrogens is 389 g/mol. The van der Waals surface area contributed by atoms with Crippen LogP contribution in [-0.2, 0) is 7.05 Å². The molecule has 0 aliphatic rings. The number of nitrogens with two attached hydrogens (primary N) is 1. The highest BCUT2D eigenvalue weighted by atomic mass is 79.9. The molecule has 6 heteroatoms. The molecule has 0 aliphatic heterocycles. The molecule has 0 bridgehead atoms. The van der Waals surface area contributed by atoms with Gasteiger partial charge in [-0.1, -0.05) is 15.9 Å². The van der Waals surface area contributed by atoms with E-state index in [1.807, 2.05) is 23.7 Å². The number of hydrogen-bond donors (Lipinski definition) is 1. The molecule has 3 rings (SSSR count). The fourth-order valence-electron chi connectivity index (χ4n) is 2.17. The molecule has 0 unspecified atom stereocenters. The molecular formula is C14H10Br2FN3. The molecule has 0 atom stereocenters. The van der Waals surface area contributed by atoms with E-state index in [4.69, 9.17) is 5.73 Å². The van der Waals surface area contributed by atoms with E-state index in [2.05, 4.69) is 36.8 Å². The quantitative estimate of drug-likeness (QED) is 0.614. The first kappa shape index (κ1) is 13.6. The van der Waals surface area contributed by atoms with Crippen LogP contribution in [0.2, 0.25) is 0 Å². The van der Waals surface area contributed by atoms with E-state index in [0.717, 1.165) is 25.5 Å². The minimum Gasteiger partial charge on any atom is -0.397 e. The Morgan fingerprint density at radius 3 is 2.70 bits per heavy atom. The van der Waals surface area contributed by atoms with Crippen LogP contribution in [0.1, 0.15) is 0 Å². The number of anilines is 1. The lowest BCUT2D eigenvalue weighted by Gasteiger charge is -2.08. The maximum Gasteiger partial charge on any atom is 0.143 e. The van der Waals surface area contributed by atoms with Gasteiger partial charge < -0.3 is 10.3 Å². The third-order valence-corrected chi connectivity index (χ3v) is 4.29. The molecule has 102 valence electrons. The lowest BCUT2D eigenvalue weighted by molar-refractivity contribution is 0.629. The van der Waals surface area contributed by atoms with Crippen molar-refractivity contribution in [1.82, 2.24) is 9.55 Å². The summed E-state index contributed by atoms with van der Waals surface area (Å²) >= 11 is 6.86. The molecule has 0 radical (unpaired) electrons. The van der Waals surface area contributed by atoms with Crippen LogP contribution < -0.4 is 5.73 Å². The summed E-state index contributed by atoms with van der Waals surface area (Å²) in [6, 6.07) is 8.31. The fourth-order valence-corrected chi connectivity index (χ4v) is 3.40. The molecule has 0 amide bonds. The maximum absolute atomic E-state index is 13.4. The minimum atomic E-state index is -0.282. The minimum absolute atomic E-state index is 0.282. The third kappa shape index (κ3) is 2.13. The fraction of sp³-hybridized carbons (Fsp3) is 0.0714. The van der Waals surface area contributed by atoms with Gasteiger partial charge in [0.2, 0.25) is 0 Å². The number of fused-ring (bicyclic) bond motifs is 1. The van der Waals surface area contributed by atoms with Crippen LogP contribution in [0.3, 0.4) is 0 Å². The number of nitrogen functional groups attached to an aromatic ring is 1. The first-order chi connectivity index (χ1) is 9.47. The predicted molar refractivity (Wildman–Crippen MR) is 85.9 cm³/mol. The molecule has 0 saturated heterocycles. The molecule has 2 N–H and O–H groups in total. The summed E-state index contributed by atoms with van der Waals surface area (Å²) in [6.45, 7) is 0. The van der Waals surface area contributed by atoms with Crippen molar-refractivity contribution in [3.8, 4) is 11.4 Å². The maximum atomic E-state index is 13.4. The first-order valence-electron chi connectivity index (χ1n) is 5.84. The first-order valence-corrected chi connectivity index (χ1v) is 7.43. The zero-order valence-electron chi connectivity index (χ0n) is 10.5. The summed E-state index contributed by atoms with van der Waals surface area (Å²) in [5.41, 5.74) is 8.98. The Kier molecular flexibility index (Phi) is 3.30. The second-order valence-corrected chi connectivity index (χ2v) is 6.25. The topological polar surface area (TPSA) is 43.8 Å². The Balaban J connectivity index is 2.33. The van der Waals surface area contributed by atoms with E-state index in [1.165, 1.54) is 12.1 Å². The summed E-state index contributed by atoms with van der Waals surface area (Å²) in [5.74, 6) is 0.417. The number of nitrogens with zero attached hydrogens (tertiary/aromatic N) is 2. The highest BCUT2D eigenvalue weighted by Gasteiger charge is 2.15. The van der Waals surface area contributed by atoms with E-state index in [-0.39, 0.29) is 5.82 Å². The van der Waals surface area contributed by atoms with E-state index < -0.39 is 0 Å². The number of aromatic nitrogens is 2. The SMILES string of the molecule is Cn1c(-c2cc(Br)cc(Br)c2N)nc2ccc(F)cc21. The molecule has 1 aromatic heterocycles. The molecule has 0 spiro atoms. The second-order valence-electron chi connectivity index (χ2n) is 4.48. The highest BCUT2D eigenvalue weighted by Crippen LogP contribution is 2.35. The van der Waals surface area contributed by atoms with Crippen molar-refractivity contribution < 1.29 is 4.39 Å². The number of aryl methyl sites for hydroxylation is 1. The Labute approximate surface area is 131 Å². The van der Waals surface area contributed by atoms with Crippen LogP contribution in [-0.4, -0.2) is 9.55 Å². The van der Waals surface area contributed by atoms with E-state index >= 15 is 0 Å². The van der Waals surface area contributed by atoms with Crippen LogP contribution in [0.5, 0.6) is 0 Å². The average molecular weight is 399 g/mol. The van der Waals surface area contributed by atoms with Crippen LogP contribution in [0, 0.1) is 5.82 Å². The third-order valence-electron chi connectivity index (χ3n) is 3.18. The number of halogens is 3. The zero-order valence-corrected chi connectivity index (χ0v) is 13.7. The molecule has 0 aliphatic carbocycles. The number of benzene rings is 2. The van der Waals surface area contributed by atoms with E-state index in [1.54, 1.807) is 6.07 Å². The standard InChI is InChI=1S/C14H10Br2FN3/c1-20-12-6-8(17)2-3-11(12)19-14(20)9-4-7(15)5-10(16)13(9)18/h2-6H,18H2,1H3. The van der Waals surface area contributed by atoms with Crippen LogP contribution in [0.4, 0.5) is 10.1 Å². The zero-order chi connectivity index (χ0) is 14.4. The normalized spacial score (nSPS) is 11.2. The number of rotatable bonds is 1. The molecule has 0 saturated carbocycles. The van der Waals surface area contributed by atoms with Crippen LogP contribution >= 0.6 is 31.9 Å². The molecule has 1 heterocycles. The Hall–Kier alpha value is -1.40. The highest BCUT2D eigenvalue weighted by molar-refractivity contribution is 9.11. The Morgan fingerprint density at radius 1 is 1.20 bits per heavy atom. The molecule has 2 aromatic carbocycles. The van der Waals surface area contributed by atoms with Crippen LogP contribution in [0.25, 0.3) is 22.4 Å². The van der Waals surface area contributed by atoms with Crippen molar-refractivity contribution in [3.05, 3.63) is 45.1 Å². The smallest absolute Gasteiger partial charge is 0.143 e. The van der Waals surface area contributed by atoms with Crippen molar-refractivity contribution >= 4 is 48.6 Å². The Morgan fingerprint density at radius 2 is 1.95 bits per heavy atom. The van der Waals surface area contributed by atoms with Gasteiger partial charge in [0.1, 0.15) is 11.6 Å². The summed E-state index contributed by atoms with van der Waals surface area (Å²) < 4.78 is 16.9. The number of hydrogen-bond acceptors (Lipinski definition) is 2. The van der Waals surface area contributed by atoms with Gasteiger partial charge in [0, 0.05) is 21.6 Å². The van der Waals surface area contributed by atoms with Crippen molar-refractivity contribution in [2.45, 2.75) is 0 Å². The van der Waals surface area contributed by atoms with Gasteiger partial charge in [-0.15, -0.1) is 0 Å². The van der Waals surface area contributed by atoms with Crippen molar-refractivity contribution in [3.63, 3.8) is 0 Å².